The molecule has 4 rings (SSSR count). The van der Waals surface area contributed by atoms with Crippen LogP contribution in [-0.4, -0.2) is 48.4 Å². The van der Waals surface area contributed by atoms with E-state index in [1.807, 2.05) is 6.07 Å². The van der Waals surface area contributed by atoms with E-state index in [0.29, 0.717) is 24.5 Å². The smallest absolute Gasteiger partial charge is 0.417 e. The number of benzene rings is 2. The van der Waals surface area contributed by atoms with Gasteiger partial charge in [-0.25, -0.2) is 0 Å². The molecule has 1 fully saturated rings. The van der Waals surface area contributed by atoms with Crippen molar-refractivity contribution in [3.05, 3.63) is 65.2 Å². The number of fused-ring (bicyclic) bond motifs is 2. The Morgan fingerprint density at radius 2 is 1.81 bits per heavy atom. The van der Waals surface area contributed by atoms with Gasteiger partial charge in [0, 0.05) is 17.5 Å². The number of piperidine rings is 1. The second kappa shape index (κ2) is 9.55. The summed E-state index contributed by atoms with van der Waals surface area (Å²) in [5, 5.41) is 8.87. The van der Waals surface area contributed by atoms with Crippen LogP contribution in [0.15, 0.2) is 48.5 Å². The second-order valence-electron chi connectivity index (χ2n) is 8.23. The molecule has 2 aliphatic heterocycles. The van der Waals surface area contributed by atoms with Crippen molar-refractivity contribution in [2.45, 2.75) is 30.9 Å². The third-order valence-corrected chi connectivity index (χ3v) is 6.24. The van der Waals surface area contributed by atoms with Crippen molar-refractivity contribution in [2.24, 2.45) is 0 Å². The number of carboxylic acid groups (broad SMARTS) is 1. The molecule has 2 aliphatic rings. The van der Waals surface area contributed by atoms with Gasteiger partial charge in [-0.2, -0.15) is 13.2 Å². The van der Waals surface area contributed by atoms with Gasteiger partial charge < -0.3 is 14.7 Å². The molecule has 8 heteroatoms. The molecule has 0 saturated carbocycles. The minimum atomic E-state index is -4.47. The van der Waals surface area contributed by atoms with Crippen molar-refractivity contribution >= 4 is 30.0 Å². The fourth-order valence-corrected chi connectivity index (χ4v) is 4.47. The average molecular weight is 468 g/mol. The number of nitrogens with zero attached hydrogens (tertiary/aromatic N) is 1. The van der Waals surface area contributed by atoms with E-state index in [4.69, 9.17) is 9.84 Å². The first-order valence-corrected chi connectivity index (χ1v) is 10.3. The predicted octanol–water partition coefficient (Wildman–Crippen LogP) is 5.41. The highest BCUT2D eigenvalue weighted by atomic mass is 35.5. The van der Waals surface area contributed by atoms with Crippen LogP contribution in [0.2, 0.25) is 0 Å². The van der Waals surface area contributed by atoms with E-state index in [0.717, 1.165) is 31.5 Å². The third kappa shape index (κ3) is 5.10. The van der Waals surface area contributed by atoms with Gasteiger partial charge in [0.2, 0.25) is 0 Å². The lowest BCUT2D eigenvalue weighted by molar-refractivity contribution is -0.137. The minimum Gasteiger partial charge on any atom is -0.492 e. The molecule has 2 aromatic carbocycles. The maximum absolute atomic E-state index is 13.7. The predicted molar refractivity (Wildman–Crippen MR) is 119 cm³/mol. The Morgan fingerprint density at radius 1 is 1.12 bits per heavy atom. The number of hydrogen-bond donors (Lipinski definition) is 1. The van der Waals surface area contributed by atoms with E-state index in [2.05, 4.69) is 4.90 Å². The summed E-state index contributed by atoms with van der Waals surface area (Å²) in [7, 11) is 0. The number of rotatable bonds is 5. The summed E-state index contributed by atoms with van der Waals surface area (Å²) in [5.74, 6) is -0.161. The quantitative estimate of drug-likeness (QED) is 0.597. The van der Waals surface area contributed by atoms with E-state index in [1.165, 1.54) is 18.2 Å². The number of carbonyl (C=O) groups is 1. The molecule has 0 amide bonds. The first-order valence-electron chi connectivity index (χ1n) is 10.3. The lowest BCUT2D eigenvalue weighted by atomic mass is 9.74. The number of allylic oxidation sites excluding steroid dienone is 1. The Labute approximate surface area is 191 Å². The summed E-state index contributed by atoms with van der Waals surface area (Å²) < 4.78 is 46.9. The Bertz CT molecular complexity index is 984. The Kier molecular flexibility index (Phi) is 7.20. The summed E-state index contributed by atoms with van der Waals surface area (Å²) in [5.41, 5.74) is 0.777. The zero-order chi connectivity index (χ0) is 22.1. The van der Waals surface area contributed by atoms with Crippen molar-refractivity contribution in [3.8, 4) is 5.75 Å². The Hall–Kier alpha value is -2.51. The van der Waals surface area contributed by atoms with Crippen molar-refractivity contribution < 1.29 is 27.8 Å². The maximum Gasteiger partial charge on any atom is 0.417 e. The zero-order valence-electron chi connectivity index (χ0n) is 17.4. The lowest BCUT2D eigenvalue weighted by Gasteiger charge is -2.38. The molecule has 0 atom stereocenters. The fraction of sp³-hybridized carbons (Fsp3) is 0.375. The number of likely N-dealkylation sites (tertiary alicyclic amines) is 1. The van der Waals surface area contributed by atoms with Crippen molar-refractivity contribution in [1.82, 2.24) is 4.90 Å². The SMILES string of the molecule is Cl.O=C(O)CCN1CCC2(CC1)COc1cc(C=C(c3ccccc3)C(F)(F)F)ccc12. The molecule has 0 aromatic heterocycles. The molecule has 1 saturated heterocycles. The number of halogens is 4. The van der Waals surface area contributed by atoms with Crippen molar-refractivity contribution in [1.29, 1.82) is 0 Å². The van der Waals surface area contributed by atoms with E-state index < -0.39 is 17.7 Å². The molecule has 4 nitrogen and oxygen atoms in total. The van der Waals surface area contributed by atoms with Crippen LogP contribution < -0.4 is 4.74 Å². The highest BCUT2D eigenvalue weighted by Gasteiger charge is 2.43. The van der Waals surface area contributed by atoms with Gasteiger partial charge >= 0.3 is 12.1 Å². The van der Waals surface area contributed by atoms with Crippen molar-refractivity contribution in [3.63, 3.8) is 0 Å². The van der Waals surface area contributed by atoms with Crippen LogP contribution >= 0.6 is 12.4 Å². The van der Waals surface area contributed by atoms with Crippen LogP contribution in [0.5, 0.6) is 5.75 Å². The molecule has 172 valence electrons. The molecule has 1 spiro atoms. The fourth-order valence-electron chi connectivity index (χ4n) is 4.47. The first-order chi connectivity index (χ1) is 14.8. The third-order valence-electron chi connectivity index (χ3n) is 6.24. The van der Waals surface area contributed by atoms with E-state index in [1.54, 1.807) is 30.3 Å². The van der Waals surface area contributed by atoms with Gasteiger partial charge in [0.15, 0.2) is 0 Å². The molecule has 0 aliphatic carbocycles. The van der Waals surface area contributed by atoms with Gasteiger partial charge in [0.05, 0.1) is 18.6 Å². The summed E-state index contributed by atoms with van der Waals surface area (Å²) in [6, 6.07) is 13.1. The molecule has 32 heavy (non-hydrogen) atoms. The van der Waals surface area contributed by atoms with Crippen LogP contribution in [0, 0.1) is 0 Å². The van der Waals surface area contributed by atoms with Gasteiger partial charge in [-0.05, 0) is 49.2 Å². The van der Waals surface area contributed by atoms with Crippen LogP contribution in [0.3, 0.4) is 0 Å². The highest BCUT2D eigenvalue weighted by Crippen LogP contribution is 2.46. The molecule has 1 N–H and O–H groups in total. The van der Waals surface area contributed by atoms with E-state index in [9.17, 15) is 18.0 Å². The van der Waals surface area contributed by atoms with Gasteiger partial charge in [0.25, 0.3) is 0 Å². The van der Waals surface area contributed by atoms with Crippen LogP contribution in [0.1, 0.15) is 36.0 Å². The van der Waals surface area contributed by atoms with Gasteiger partial charge in [0.1, 0.15) is 5.75 Å². The Balaban J connectivity index is 0.00000289. The summed E-state index contributed by atoms with van der Waals surface area (Å²) >= 11 is 0. The number of ether oxygens (including phenoxy) is 1. The molecule has 2 aromatic rings. The standard InChI is InChI=1S/C24H24F3NO3.ClH/c25-24(26,27)20(18-4-2-1-3-5-18)14-17-6-7-19-21(15-17)31-16-23(19)9-12-28(13-10-23)11-8-22(29)30;/h1-7,14-15H,8-13,16H2,(H,29,30);1H. The molecule has 0 unspecified atom stereocenters. The number of aliphatic carboxylic acids is 1. The second-order valence-corrected chi connectivity index (χ2v) is 8.23. The molecule has 0 bridgehead atoms. The normalized spacial score (nSPS) is 18.0. The Morgan fingerprint density at radius 3 is 2.44 bits per heavy atom. The summed E-state index contributed by atoms with van der Waals surface area (Å²) in [6.45, 7) is 2.60. The van der Waals surface area contributed by atoms with E-state index in [-0.39, 0.29) is 29.8 Å². The number of alkyl halides is 3. The van der Waals surface area contributed by atoms with Crippen LogP contribution in [0.25, 0.3) is 11.6 Å². The van der Waals surface area contributed by atoms with Gasteiger partial charge in [-0.3, -0.25) is 4.79 Å². The monoisotopic (exact) mass is 467 g/mol. The van der Waals surface area contributed by atoms with E-state index >= 15 is 0 Å². The van der Waals surface area contributed by atoms with Crippen molar-refractivity contribution in [2.75, 3.05) is 26.2 Å². The van der Waals surface area contributed by atoms with Crippen LogP contribution in [-0.2, 0) is 10.2 Å². The topological polar surface area (TPSA) is 49.8 Å². The molecule has 2 heterocycles. The summed E-state index contributed by atoms with van der Waals surface area (Å²) in [6.07, 6.45) is -1.50. The van der Waals surface area contributed by atoms with Crippen LogP contribution in [0.4, 0.5) is 13.2 Å². The minimum absolute atomic E-state index is 0. The average Bonchev–Trinajstić information content (AvgIpc) is 3.09. The zero-order valence-corrected chi connectivity index (χ0v) is 18.2. The largest absolute Gasteiger partial charge is 0.492 e. The number of carboxylic acids is 1. The highest BCUT2D eigenvalue weighted by molar-refractivity contribution is 5.85. The summed E-state index contributed by atoms with van der Waals surface area (Å²) in [4.78, 5) is 12.9. The van der Waals surface area contributed by atoms with Gasteiger partial charge in [-0.1, -0.05) is 42.5 Å². The van der Waals surface area contributed by atoms with Gasteiger partial charge in [-0.15, -0.1) is 12.4 Å². The molecular weight excluding hydrogens is 443 g/mol. The first kappa shape index (κ1) is 24.1. The molecular formula is C24H25ClF3NO3. The number of hydrogen-bond acceptors (Lipinski definition) is 3. The lowest BCUT2D eigenvalue weighted by Crippen LogP contribution is -2.44. The molecule has 0 radical (unpaired) electrons. The maximum atomic E-state index is 13.7.